The number of likely N-dealkylation sites (N-methyl/N-ethyl adjacent to an activating group) is 1. The van der Waals surface area contributed by atoms with Crippen LogP contribution in [0.2, 0.25) is 0 Å². The van der Waals surface area contributed by atoms with Gasteiger partial charge in [0.05, 0.1) is 17.4 Å². The first-order valence-corrected chi connectivity index (χ1v) is 6.60. The molecule has 0 spiro atoms. The van der Waals surface area contributed by atoms with Crippen LogP contribution in [0.15, 0.2) is 36.9 Å². The van der Waals surface area contributed by atoms with Crippen LogP contribution in [-0.2, 0) is 13.0 Å². The molecule has 1 N–H and O–H groups in total. The number of hydrogen-bond acceptors (Lipinski definition) is 4. The predicted molar refractivity (Wildman–Crippen MR) is 76.5 cm³/mol. The maximum absolute atomic E-state index is 12.4. The van der Waals surface area contributed by atoms with Gasteiger partial charge in [-0.25, -0.2) is 0 Å². The van der Waals surface area contributed by atoms with Crippen molar-refractivity contribution in [2.75, 3.05) is 18.9 Å². The van der Waals surface area contributed by atoms with Crippen molar-refractivity contribution < 1.29 is 4.79 Å². The lowest BCUT2D eigenvalue weighted by Crippen LogP contribution is -2.29. The zero-order chi connectivity index (χ0) is 13.9. The number of anilines is 1. The van der Waals surface area contributed by atoms with E-state index in [0.29, 0.717) is 11.3 Å². The molecule has 3 rings (SSSR count). The Labute approximate surface area is 117 Å². The summed E-state index contributed by atoms with van der Waals surface area (Å²) >= 11 is 0. The minimum absolute atomic E-state index is 0.119. The summed E-state index contributed by atoms with van der Waals surface area (Å²) in [4.78, 5) is 22.8. The van der Waals surface area contributed by atoms with Crippen molar-refractivity contribution in [3.05, 3.63) is 53.6 Å². The Balaban J connectivity index is 1.87. The van der Waals surface area contributed by atoms with Crippen LogP contribution in [-0.4, -0.2) is 34.4 Å². The SMILES string of the molecule is CN1CCc2c(cncc2C(=O)Nc2cccnc2)C1. The van der Waals surface area contributed by atoms with Crippen molar-refractivity contribution in [1.82, 2.24) is 14.9 Å². The number of amides is 1. The second-order valence-corrected chi connectivity index (χ2v) is 5.01. The van der Waals surface area contributed by atoms with Crippen molar-refractivity contribution in [1.29, 1.82) is 0 Å². The number of hydrogen-bond donors (Lipinski definition) is 1. The Kier molecular flexibility index (Phi) is 3.43. The molecule has 1 aliphatic heterocycles. The minimum Gasteiger partial charge on any atom is -0.321 e. The van der Waals surface area contributed by atoms with E-state index in [1.807, 2.05) is 12.3 Å². The first kappa shape index (κ1) is 12.7. The molecule has 1 amide bonds. The van der Waals surface area contributed by atoms with Crippen LogP contribution in [0, 0.1) is 0 Å². The summed E-state index contributed by atoms with van der Waals surface area (Å²) in [5.74, 6) is -0.119. The van der Waals surface area contributed by atoms with Crippen LogP contribution in [0.3, 0.4) is 0 Å². The molecule has 0 unspecified atom stereocenters. The van der Waals surface area contributed by atoms with E-state index < -0.39 is 0 Å². The maximum atomic E-state index is 12.4. The van der Waals surface area contributed by atoms with Gasteiger partial charge in [0.15, 0.2) is 0 Å². The Morgan fingerprint density at radius 2 is 2.20 bits per heavy atom. The van der Waals surface area contributed by atoms with E-state index in [9.17, 15) is 4.79 Å². The minimum atomic E-state index is -0.119. The van der Waals surface area contributed by atoms with Crippen molar-refractivity contribution in [2.24, 2.45) is 0 Å². The molecule has 5 heteroatoms. The van der Waals surface area contributed by atoms with Gasteiger partial charge in [0.25, 0.3) is 5.91 Å². The molecule has 0 bridgehead atoms. The van der Waals surface area contributed by atoms with E-state index in [0.717, 1.165) is 30.6 Å². The monoisotopic (exact) mass is 268 g/mol. The van der Waals surface area contributed by atoms with Gasteiger partial charge in [-0.1, -0.05) is 0 Å². The highest BCUT2D eigenvalue weighted by Gasteiger charge is 2.20. The number of aromatic nitrogens is 2. The standard InChI is InChI=1S/C15H16N4O/c1-19-6-4-13-11(10-19)7-17-9-14(13)15(20)18-12-3-2-5-16-8-12/h2-3,5,7-9H,4,6,10H2,1H3,(H,18,20). The third-order valence-corrected chi connectivity index (χ3v) is 3.49. The van der Waals surface area contributed by atoms with Crippen LogP contribution < -0.4 is 5.32 Å². The lowest BCUT2D eigenvalue weighted by atomic mass is 9.97. The molecule has 102 valence electrons. The van der Waals surface area contributed by atoms with Gasteiger partial charge in [0, 0.05) is 31.7 Å². The summed E-state index contributed by atoms with van der Waals surface area (Å²) in [6.07, 6.45) is 7.69. The highest BCUT2D eigenvalue weighted by molar-refractivity contribution is 6.05. The molecule has 0 aliphatic carbocycles. The van der Waals surface area contributed by atoms with Gasteiger partial charge < -0.3 is 10.2 Å². The fraction of sp³-hybridized carbons (Fsp3) is 0.267. The van der Waals surface area contributed by atoms with Crippen molar-refractivity contribution in [3.8, 4) is 0 Å². The molecule has 20 heavy (non-hydrogen) atoms. The molecular weight excluding hydrogens is 252 g/mol. The lowest BCUT2D eigenvalue weighted by Gasteiger charge is -2.25. The zero-order valence-electron chi connectivity index (χ0n) is 11.3. The first-order chi connectivity index (χ1) is 9.74. The molecule has 0 radical (unpaired) electrons. The fourth-order valence-corrected chi connectivity index (χ4v) is 2.47. The van der Waals surface area contributed by atoms with Crippen LogP contribution >= 0.6 is 0 Å². The fourth-order valence-electron chi connectivity index (χ4n) is 2.47. The topological polar surface area (TPSA) is 58.1 Å². The molecule has 2 aromatic rings. The van der Waals surface area contributed by atoms with Gasteiger partial charge in [-0.15, -0.1) is 0 Å². The summed E-state index contributed by atoms with van der Waals surface area (Å²) in [6, 6.07) is 3.62. The van der Waals surface area contributed by atoms with E-state index in [1.54, 1.807) is 24.7 Å². The lowest BCUT2D eigenvalue weighted by molar-refractivity contribution is 0.102. The summed E-state index contributed by atoms with van der Waals surface area (Å²) < 4.78 is 0. The van der Waals surface area contributed by atoms with Gasteiger partial charge in [0.1, 0.15) is 0 Å². The van der Waals surface area contributed by atoms with Gasteiger partial charge in [-0.05, 0) is 36.7 Å². The van der Waals surface area contributed by atoms with Gasteiger partial charge in [-0.3, -0.25) is 14.8 Å². The summed E-state index contributed by atoms with van der Waals surface area (Å²) in [5.41, 5.74) is 3.61. The van der Waals surface area contributed by atoms with Crippen LogP contribution in [0.25, 0.3) is 0 Å². The third kappa shape index (κ3) is 2.53. The molecule has 0 saturated carbocycles. The van der Waals surface area contributed by atoms with Crippen molar-refractivity contribution in [2.45, 2.75) is 13.0 Å². The summed E-state index contributed by atoms with van der Waals surface area (Å²) in [5, 5.41) is 2.86. The second kappa shape index (κ2) is 5.38. The second-order valence-electron chi connectivity index (χ2n) is 5.01. The number of pyridine rings is 2. The maximum Gasteiger partial charge on any atom is 0.257 e. The molecule has 0 saturated heterocycles. The van der Waals surface area contributed by atoms with Crippen molar-refractivity contribution >= 4 is 11.6 Å². The number of nitrogens with one attached hydrogen (secondary N) is 1. The molecule has 3 heterocycles. The van der Waals surface area contributed by atoms with E-state index >= 15 is 0 Å². The van der Waals surface area contributed by atoms with E-state index in [-0.39, 0.29) is 5.91 Å². The highest BCUT2D eigenvalue weighted by Crippen LogP contribution is 2.21. The number of fused-ring (bicyclic) bond motifs is 1. The quantitative estimate of drug-likeness (QED) is 0.901. The molecule has 0 atom stereocenters. The van der Waals surface area contributed by atoms with E-state index in [4.69, 9.17) is 0 Å². The largest absolute Gasteiger partial charge is 0.321 e. The van der Waals surface area contributed by atoms with Gasteiger partial charge >= 0.3 is 0 Å². The summed E-state index contributed by atoms with van der Waals surface area (Å²) in [7, 11) is 2.07. The molecular formula is C15H16N4O. The number of nitrogens with zero attached hydrogens (tertiary/aromatic N) is 3. The number of carbonyl (C=O) groups is 1. The van der Waals surface area contributed by atoms with Gasteiger partial charge in [0.2, 0.25) is 0 Å². The molecule has 2 aromatic heterocycles. The Morgan fingerprint density at radius 1 is 1.30 bits per heavy atom. The average Bonchev–Trinajstić information content (AvgIpc) is 2.47. The van der Waals surface area contributed by atoms with E-state index in [1.165, 1.54) is 0 Å². The van der Waals surface area contributed by atoms with Crippen molar-refractivity contribution in [3.63, 3.8) is 0 Å². The normalized spacial score (nSPS) is 14.7. The Morgan fingerprint density at radius 3 is 3.00 bits per heavy atom. The number of carbonyl (C=O) groups excluding carboxylic acids is 1. The first-order valence-electron chi connectivity index (χ1n) is 6.60. The zero-order valence-corrected chi connectivity index (χ0v) is 11.3. The average molecular weight is 268 g/mol. The Bertz CT molecular complexity index is 627. The third-order valence-electron chi connectivity index (χ3n) is 3.49. The van der Waals surface area contributed by atoms with Crippen LogP contribution in [0.5, 0.6) is 0 Å². The molecule has 1 aliphatic rings. The molecule has 0 fully saturated rings. The molecule has 5 nitrogen and oxygen atoms in total. The predicted octanol–water partition coefficient (Wildman–Crippen LogP) is 1.72. The smallest absolute Gasteiger partial charge is 0.257 e. The van der Waals surface area contributed by atoms with Crippen LogP contribution in [0.1, 0.15) is 21.5 Å². The molecule has 0 aromatic carbocycles. The van der Waals surface area contributed by atoms with Gasteiger partial charge in [-0.2, -0.15) is 0 Å². The van der Waals surface area contributed by atoms with Crippen LogP contribution in [0.4, 0.5) is 5.69 Å². The highest BCUT2D eigenvalue weighted by atomic mass is 16.1. The Hall–Kier alpha value is -2.27. The number of rotatable bonds is 2. The van der Waals surface area contributed by atoms with E-state index in [2.05, 4.69) is 27.2 Å². The summed E-state index contributed by atoms with van der Waals surface area (Å²) in [6.45, 7) is 1.81.